The van der Waals surface area contributed by atoms with Crippen LogP contribution in [0.4, 0.5) is 0 Å². The van der Waals surface area contributed by atoms with Crippen LogP contribution in [0, 0.1) is 0 Å². The van der Waals surface area contributed by atoms with Crippen molar-refractivity contribution in [3.63, 3.8) is 0 Å². The first-order valence-corrected chi connectivity index (χ1v) is 6.99. The summed E-state index contributed by atoms with van der Waals surface area (Å²) in [4.78, 5) is 3.97. The number of rotatable bonds is 4. The van der Waals surface area contributed by atoms with Crippen LogP contribution in [0.5, 0.6) is 5.75 Å². The molecule has 0 bridgehead atoms. The maximum absolute atomic E-state index is 5.79. The molecule has 1 aromatic carbocycles. The van der Waals surface area contributed by atoms with E-state index in [1.807, 2.05) is 24.3 Å². The first kappa shape index (κ1) is 13.5. The summed E-state index contributed by atoms with van der Waals surface area (Å²) in [5.41, 5.74) is 7.74. The molecule has 0 radical (unpaired) electrons. The topological polar surface area (TPSA) is 48.1 Å². The van der Waals surface area contributed by atoms with Gasteiger partial charge in [-0.25, -0.2) is 0 Å². The maximum atomic E-state index is 5.79. The monoisotopic (exact) mass is 370 g/mol. The summed E-state index contributed by atoms with van der Waals surface area (Å²) >= 11 is 6.98. The average molecular weight is 372 g/mol. The average Bonchev–Trinajstić information content (AvgIpc) is 2.38. The third-order valence-corrected chi connectivity index (χ3v) is 3.60. The number of hydrogen-bond donors (Lipinski definition) is 1. The molecule has 2 N–H and O–H groups in total. The van der Waals surface area contributed by atoms with Gasteiger partial charge in [-0.2, -0.15) is 0 Å². The molecular formula is C13H12Br2N2O. The number of halogens is 2. The Bertz CT molecular complexity index is 509. The van der Waals surface area contributed by atoms with Gasteiger partial charge in [0.15, 0.2) is 0 Å². The fourth-order valence-electron chi connectivity index (χ4n) is 1.50. The van der Waals surface area contributed by atoms with Gasteiger partial charge in [0.1, 0.15) is 12.4 Å². The third-order valence-electron chi connectivity index (χ3n) is 2.43. The smallest absolute Gasteiger partial charge is 0.148 e. The summed E-state index contributed by atoms with van der Waals surface area (Å²) in [6.07, 6.45) is 3.50. The zero-order valence-electron chi connectivity index (χ0n) is 9.57. The lowest BCUT2D eigenvalue weighted by atomic mass is 10.2. The van der Waals surface area contributed by atoms with E-state index in [4.69, 9.17) is 10.5 Å². The normalized spacial score (nSPS) is 10.4. The molecule has 2 aromatic rings. The quantitative estimate of drug-likeness (QED) is 0.892. The number of ether oxygens (including phenoxy) is 1. The second-order valence-electron chi connectivity index (χ2n) is 3.74. The molecule has 0 unspecified atom stereocenters. The molecule has 0 aliphatic heterocycles. The van der Waals surface area contributed by atoms with Crippen molar-refractivity contribution in [2.45, 2.75) is 13.2 Å². The number of aromatic nitrogens is 1. The van der Waals surface area contributed by atoms with Crippen LogP contribution in [0.25, 0.3) is 0 Å². The summed E-state index contributed by atoms with van der Waals surface area (Å²) < 4.78 is 7.58. The van der Waals surface area contributed by atoms with Crippen LogP contribution in [-0.4, -0.2) is 4.98 Å². The van der Waals surface area contributed by atoms with Crippen LogP contribution < -0.4 is 10.5 Å². The lowest BCUT2D eigenvalue weighted by Gasteiger charge is -2.11. The van der Waals surface area contributed by atoms with Crippen molar-refractivity contribution in [2.75, 3.05) is 0 Å². The number of hydrogen-bond acceptors (Lipinski definition) is 3. The Morgan fingerprint density at radius 3 is 2.22 bits per heavy atom. The van der Waals surface area contributed by atoms with E-state index in [0.717, 1.165) is 25.8 Å². The van der Waals surface area contributed by atoms with E-state index in [9.17, 15) is 0 Å². The van der Waals surface area contributed by atoms with Gasteiger partial charge in [-0.15, -0.1) is 0 Å². The lowest BCUT2D eigenvalue weighted by molar-refractivity contribution is 0.302. The fourth-order valence-corrected chi connectivity index (χ4v) is 3.01. The van der Waals surface area contributed by atoms with E-state index in [0.29, 0.717) is 13.2 Å². The molecule has 0 saturated heterocycles. The Balaban J connectivity index is 2.15. The van der Waals surface area contributed by atoms with Gasteiger partial charge < -0.3 is 10.5 Å². The molecule has 2 rings (SSSR count). The van der Waals surface area contributed by atoms with Crippen LogP contribution in [0.15, 0.2) is 45.6 Å². The molecule has 0 amide bonds. The largest absolute Gasteiger partial charge is 0.487 e. The van der Waals surface area contributed by atoms with Gasteiger partial charge >= 0.3 is 0 Å². The lowest BCUT2D eigenvalue weighted by Crippen LogP contribution is -2.00. The van der Waals surface area contributed by atoms with Crippen LogP contribution in [0.2, 0.25) is 0 Å². The molecular weight excluding hydrogens is 360 g/mol. The Morgan fingerprint density at radius 1 is 1.06 bits per heavy atom. The first-order valence-electron chi connectivity index (χ1n) is 5.40. The minimum Gasteiger partial charge on any atom is -0.487 e. The van der Waals surface area contributed by atoms with Crippen LogP contribution in [0.3, 0.4) is 0 Å². The van der Waals surface area contributed by atoms with Crippen molar-refractivity contribution >= 4 is 31.9 Å². The van der Waals surface area contributed by atoms with E-state index < -0.39 is 0 Å². The van der Waals surface area contributed by atoms with Gasteiger partial charge in [0.05, 0.1) is 8.95 Å². The Labute approximate surface area is 123 Å². The van der Waals surface area contributed by atoms with Gasteiger partial charge in [-0.3, -0.25) is 4.98 Å². The van der Waals surface area contributed by atoms with Crippen LogP contribution in [0.1, 0.15) is 11.1 Å². The molecule has 0 aliphatic rings. The van der Waals surface area contributed by atoms with Gasteiger partial charge in [-0.1, -0.05) is 0 Å². The van der Waals surface area contributed by atoms with Gasteiger partial charge in [-0.05, 0) is 67.3 Å². The summed E-state index contributed by atoms with van der Waals surface area (Å²) in [7, 11) is 0. The molecule has 0 spiro atoms. The Morgan fingerprint density at radius 2 is 1.67 bits per heavy atom. The Hall–Kier alpha value is -0.910. The van der Waals surface area contributed by atoms with Crippen molar-refractivity contribution in [1.29, 1.82) is 0 Å². The molecule has 5 heteroatoms. The van der Waals surface area contributed by atoms with E-state index in [2.05, 4.69) is 36.8 Å². The number of nitrogens with zero attached hydrogens (tertiary/aromatic N) is 1. The molecule has 0 atom stereocenters. The van der Waals surface area contributed by atoms with Crippen LogP contribution >= 0.6 is 31.9 Å². The second kappa shape index (κ2) is 6.31. The first-order chi connectivity index (χ1) is 8.70. The van der Waals surface area contributed by atoms with Crippen molar-refractivity contribution in [3.05, 3.63) is 56.7 Å². The van der Waals surface area contributed by atoms with Crippen LogP contribution in [-0.2, 0) is 13.2 Å². The van der Waals surface area contributed by atoms with Crippen molar-refractivity contribution in [3.8, 4) is 5.75 Å². The summed E-state index contributed by atoms with van der Waals surface area (Å²) in [5, 5.41) is 0. The predicted molar refractivity (Wildman–Crippen MR) is 78.3 cm³/mol. The van der Waals surface area contributed by atoms with E-state index >= 15 is 0 Å². The zero-order valence-corrected chi connectivity index (χ0v) is 12.7. The molecule has 0 aliphatic carbocycles. The summed E-state index contributed by atoms with van der Waals surface area (Å²) in [6, 6.07) is 7.78. The molecule has 0 saturated carbocycles. The van der Waals surface area contributed by atoms with Gasteiger partial charge in [0, 0.05) is 18.9 Å². The standard InChI is InChI=1S/C13H12Br2N2O/c14-11-5-10(7-16)6-12(15)13(11)18-8-9-1-3-17-4-2-9/h1-6H,7-8,16H2. The van der Waals surface area contributed by atoms with E-state index in [1.165, 1.54) is 0 Å². The number of benzene rings is 1. The number of pyridine rings is 1. The highest BCUT2D eigenvalue weighted by Gasteiger charge is 2.08. The maximum Gasteiger partial charge on any atom is 0.148 e. The van der Waals surface area contributed by atoms with Gasteiger partial charge in [0.2, 0.25) is 0 Å². The highest BCUT2D eigenvalue weighted by Crippen LogP contribution is 2.35. The van der Waals surface area contributed by atoms with Crippen molar-refractivity contribution < 1.29 is 4.74 Å². The number of nitrogens with two attached hydrogens (primary N) is 1. The molecule has 3 nitrogen and oxygen atoms in total. The molecule has 1 heterocycles. The molecule has 18 heavy (non-hydrogen) atoms. The summed E-state index contributed by atoms with van der Waals surface area (Å²) in [5.74, 6) is 0.781. The Kier molecular flexibility index (Phi) is 4.74. The minimum atomic E-state index is 0.502. The van der Waals surface area contributed by atoms with Crippen molar-refractivity contribution in [1.82, 2.24) is 4.98 Å². The molecule has 0 fully saturated rings. The van der Waals surface area contributed by atoms with Gasteiger partial charge in [0.25, 0.3) is 0 Å². The fraction of sp³-hybridized carbons (Fsp3) is 0.154. The minimum absolute atomic E-state index is 0.502. The predicted octanol–water partition coefficient (Wildman–Crippen LogP) is 3.64. The third kappa shape index (κ3) is 3.31. The highest BCUT2D eigenvalue weighted by atomic mass is 79.9. The molecule has 1 aromatic heterocycles. The van der Waals surface area contributed by atoms with E-state index in [1.54, 1.807) is 12.4 Å². The SMILES string of the molecule is NCc1cc(Br)c(OCc2ccncc2)c(Br)c1. The van der Waals surface area contributed by atoms with Crippen molar-refractivity contribution in [2.24, 2.45) is 5.73 Å². The highest BCUT2D eigenvalue weighted by molar-refractivity contribution is 9.11. The second-order valence-corrected chi connectivity index (χ2v) is 5.45. The molecule has 94 valence electrons. The summed E-state index contributed by atoms with van der Waals surface area (Å²) in [6.45, 7) is 1.00. The zero-order chi connectivity index (χ0) is 13.0. The van der Waals surface area contributed by atoms with E-state index in [-0.39, 0.29) is 0 Å².